The molecular weight excluding hydrogens is 286 g/mol. The van der Waals surface area contributed by atoms with Gasteiger partial charge in [0.25, 0.3) is 0 Å². The number of aromatic nitrogens is 1. The number of carboxylic acids is 1. The van der Waals surface area contributed by atoms with Crippen molar-refractivity contribution >= 4 is 28.7 Å². The Balaban J connectivity index is 0.00000144. The number of hydrogen-bond donors (Lipinski definition) is 1. The number of pyridine rings is 1. The number of Topliss-reactive ketones (excluding diaryl/α,β-unsaturated/α-hetero) is 1. The van der Waals surface area contributed by atoms with E-state index in [1.807, 2.05) is 6.92 Å². The van der Waals surface area contributed by atoms with Crippen LogP contribution in [0.25, 0.3) is 0 Å². The highest BCUT2D eigenvalue weighted by Crippen LogP contribution is 2.28. The van der Waals surface area contributed by atoms with Crippen LogP contribution in [0.5, 0.6) is 0 Å². The molecule has 1 aliphatic rings. The minimum absolute atomic E-state index is 0. The fourth-order valence-electron chi connectivity index (χ4n) is 2.22. The number of nitrogens with zero attached hydrogens (tertiary/aromatic N) is 1. The Bertz CT molecular complexity index is 459. The monoisotopic (exact) mass is 299 g/mol. The Labute approximate surface area is 110 Å². The van der Waals surface area contributed by atoms with Crippen LogP contribution in [-0.2, 0) is 11.2 Å². The fourth-order valence-corrected chi connectivity index (χ4v) is 2.22. The van der Waals surface area contributed by atoms with Gasteiger partial charge in [0.05, 0.1) is 6.42 Å². The average Bonchev–Trinajstić information content (AvgIpc) is 2.23. The number of hydrogen-bond acceptors (Lipinski definition) is 3. The van der Waals surface area contributed by atoms with E-state index < -0.39 is 5.97 Å². The van der Waals surface area contributed by atoms with Crippen LogP contribution in [0.15, 0.2) is 12.3 Å². The van der Waals surface area contributed by atoms with Crippen LogP contribution >= 0.6 is 17.0 Å². The maximum Gasteiger partial charge on any atom is 0.304 e. The van der Waals surface area contributed by atoms with Gasteiger partial charge in [-0.25, -0.2) is 0 Å². The molecule has 1 atom stereocenters. The van der Waals surface area contributed by atoms with E-state index in [1.165, 1.54) is 0 Å². The molecule has 1 aromatic heterocycles. The lowest BCUT2D eigenvalue weighted by Crippen LogP contribution is -2.25. The minimum Gasteiger partial charge on any atom is -0.481 e. The van der Waals surface area contributed by atoms with Gasteiger partial charge in [0.15, 0.2) is 5.78 Å². The highest BCUT2D eigenvalue weighted by molar-refractivity contribution is 8.93. The first-order chi connectivity index (χ1) is 7.59. The third-order valence-electron chi connectivity index (χ3n) is 3.07. The Morgan fingerprint density at radius 1 is 1.59 bits per heavy atom. The Morgan fingerprint density at radius 3 is 2.94 bits per heavy atom. The quantitative estimate of drug-likeness (QED) is 0.909. The van der Waals surface area contributed by atoms with Crippen molar-refractivity contribution < 1.29 is 14.7 Å². The summed E-state index contributed by atoms with van der Waals surface area (Å²) in [6, 6.07) is 1.69. The normalized spacial score (nSPS) is 18.2. The molecule has 0 radical (unpaired) electrons. The highest BCUT2D eigenvalue weighted by atomic mass is 79.9. The number of carbonyl (C=O) groups is 2. The molecule has 0 saturated carbocycles. The zero-order chi connectivity index (χ0) is 11.7. The second-order valence-corrected chi connectivity index (χ2v) is 4.12. The smallest absolute Gasteiger partial charge is 0.304 e. The molecule has 0 aromatic carbocycles. The molecule has 92 valence electrons. The molecule has 1 heterocycles. The maximum atomic E-state index is 12.0. The summed E-state index contributed by atoms with van der Waals surface area (Å²) in [6.07, 6.45) is 2.90. The predicted molar refractivity (Wildman–Crippen MR) is 67.7 cm³/mol. The van der Waals surface area contributed by atoms with Gasteiger partial charge >= 0.3 is 5.97 Å². The number of carbonyl (C=O) groups excluding carboxylic acids is 1. The summed E-state index contributed by atoms with van der Waals surface area (Å²) in [4.78, 5) is 26.8. The van der Waals surface area contributed by atoms with Crippen molar-refractivity contribution in [1.82, 2.24) is 4.98 Å². The van der Waals surface area contributed by atoms with Crippen molar-refractivity contribution in [1.29, 1.82) is 0 Å². The van der Waals surface area contributed by atoms with Crippen LogP contribution in [0.1, 0.15) is 34.5 Å². The average molecular weight is 300 g/mol. The molecule has 1 aliphatic carbocycles. The topological polar surface area (TPSA) is 67.3 Å². The van der Waals surface area contributed by atoms with E-state index in [4.69, 9.17) is 5.11 Å². The summed E-state index contributed by atoms with van der Waals surface area (Å²) in [5, 5.41) is 8.72. The van der Waals surface area contributed by atoms with E-state index in [9.17, 15) is 9.59 Å². The van der Waals surface area contributed by atoms with Crippen LogP contribution in [0.2, 0.25) is 0 Å². The molecule has 0 bridgehead atoms. The molecule has 0 aliphatic heterocycles. The maximum absolute atomic E-state index is 12.0. The molecule has 1 aromatic rings. The summed E-state index contributed by atoms with van der Waals surface area (Å²) in [6.45, 7) is 1.88. The van der Waals surface area contributed by atoms with Gasteiger partial charge in [-0.3, -0.25) is 14.6 Å². The van der Waals surface area contributed by atoms with Gasteiger partial charge in [-0.15, -0.1) is 17.0 Å². The van der Waals surface area contributed by atoms with Gasteiger partial charge in [-0.1, -0.05) is 0 Å². The lowest BCUT2D eigenvalue weighted by molar-refractivity contribution is -0.137. The van der Waals surface area contributed by atoms with Gasteiger partial charge in [0, 0.05) is 23.4 Å². The molecule has 1 N–H and O–H groups in total. The molecular formula is C12H14BrNO3. The van der Waals surface area contributed by atoms with Crippen LogP contribution in [0, 0.1) is 12.8 Å². The number of aryl methyl sites for hydroxylation is 1. The van der Waals surface area contributed by atoms with Crippen molar-refractivity contribution in [2.45, 2.75) is 26.2 Å². The first-order valence-electron chi connectivity index (χ1n) is 5.30. The lowest BCUT2D eigenvalue weighted by Gasteiger charge is -2.22. The number of aliphatic carboxylic acids is 1. The van der Waals surface area contributed by atoms with E-state index in [-0.39, 0.29) is 35.1 Å². The van der Waals surface area contributed by atoms with E-state index in [2.05, 4.69) is 4.98 Å². The molecule has 5 heteroatoms. The standard InChI is InChI=1S/C12H13NO3.BrH/c1-7-9-3-2-8(6-11(14)15)12(16)10(9)4-5-13-7;/h4-5,8H,2-3,6H2,1H3,(H,14,15);1H. The molecule has 4 nitrogen and oxygen atoms in total. The summed E-state index contributed by atoms with van der Waals surface area (Å²) < 4.78 is 0. The third-order valence-corrected chi connectivity index (χ3v) is 3.07. The molecule has 2 rings (SSSR count). The predicted octanol–water partition coefficient (Wildman–Crippen LogP) is 2.19. The lowest BCUT2D eigenvalue weighted by atomic mass is 9.81. The summed E-state index contributed by atoms with van der Waals surface area (Å²) in [5.41, 5.74) is 2.51. The summed E-state index contributed by atoms with van der Waals surface area (Å²) in [5.74, 6) is -1.33. The fraction of sp³-hybridized carbons (Fsp3) is 0.417. The van der Waals surface area contributed by atoms with Gasteiger partial charge < -0.3 is 5.11 Å². The molecule has 1 unspecified atom stereocenters. The van der Waals surface area contributed by atoms with Crippen molar-refractivity contribution in [3.05, 3.63) is 29.1 Å². The first-order valence-corrected chi connectivity index (χ1v) is 5.30. The summed E-state index contributed by atoms with van der Waals surface area (Å²) in [7, 11) is 0. The zero-order valence-corrected chi connectivity index (χ0v) is 11.2. The largest absolute Gasteiger partial charge is 0.481 e. The van der Waals surface area contributed by atoms with Crippen molar-refractivity contribution in [3.63, 3.8) is 0 Å². The first kappa shape index (κ1) is 13.8. The molecule has 0 spiro atoms. The van der Waals surface area contributed by atoms with E-state index in [0.29, 0.717) is 12.0 Å². The zero-order valence-electron chi connectivity index (χ0n) is 9.47. The minimum atomic E-state index is -0.910. The van der Waals surface area contributed by atoms with Gasteiger partial charge in [0.1, 0.15) is 0 Å². The summed E-state index contributed by atoms with van der Waals surface area (Å²) >= 11 is 0. The van der Waals surface area contributed by atoms with Gasteiger partial charge in [-0.05, 0) is 31.4 Å². The van der Waals surface area contributed by atoms with Crippen LogP contribution in [0.4, 0.5) is 0 Å². The molecule has 17 heavy (non-hydrogen) atoms. The molecule has 0 fully saturated rings. The Hall–Kier alpha value is -1.23. The Morgan fingerprint density at radius 2 is 2.29 bits per heavy atom. The number of halogens is 1. The van der Waals surface area contributed by atoms with E-state index in [0.717, 1.165) is 17.7 Å². The number of rotatable bonds is 2. The van der Waals surface area contributed by atoms with Crippen molar-refractivity contribution in [3.8, 4) is 0 Å². The van der Waals surface area contributed by atoms with Crippen molar-refractivity contribution in [2.24, 2.45) is 5.92 Å². The van der Waals surface area contributed by atoms with Crippen LogP contribution < -0.4 is 0 Å². The number of ketones is 1. The Kier molecular flexibility index (Phi) is 4.40. The van der Waals surface area contributed by atoms with Crippen LogP contribution in [0.3, 0.4) is 0 Å². The molecule has 0 amide bonds. The van der Waals surface area contributed by atoms with Crippen LogP contribution in [-0.4, -0.2) is 21.8 Å². The second kappa shape index (κ2) is 5.40. The van der Waals surface area contributed by atoms with E-state index >= 15 is 0 Å². The molecule has 0 saturated heterocycles. The van der Waals surface area contributed by atoms with Gasteiger partial charge in [0.2, 0.25) is 0 Å². The SMILES string of the molecule is Br.Cc1nccc2c1CCC(CC(=O)O)C2=O. The third kappa shape index (κ3) is 2.72. The number of carboxylic acid groups (broad SMARTS) is 1. The number of fused-ring (bicyclic) bond motifs is 1. The van der Waals surface area contributed by atoms with E-state index in [1.54, 1.807) is 12.3 Å². The van der Waals surface area contributed by atoms with Crippen molar-refractivity contribution in [2.75, 3.05) is 0 Å². The van der Waals surface area contributed by atoms with Gasteiger partial charge in [-0.2, -0.15) is 0 Å². The highest BCUT2D eigenvalue weighted by Gasteiger charge is 2.29. The second-order valence-electron chi connectivity index (χ2n) is 4.12.